The van der Waals surface area contributed by atoms with Gasteiger partial charge in [-0.15, -0.1) is 0 Å². The molecule has 0 aliphatic carbocycles. The molecule has 0 saturated carbocycles. The molecular formula is C13H17F3N2O3S. The van der Waals surface area contributed by atoms with Crippen molar-refractivity contribution in [2.45, 2.75) is 37.4 Å². The number of hydrogen-bond donors (Lipinski definition) is 2. The Morgan fingerprint density at radius 3 is 2.41 bits per heavy atom. The molecule has 0 unspecified atom stereocenters. The summed E-state index contributed by atoms with van der Waals surface area (Å²) in [6.07, 6.45) is -4.19. The minimum absolute atomic E-state index is 0.391. The molecule has 0 spiro atoms. The van der Waals surface area contributed by atoms with Crippen LogP contribution in [0, 0.1) is 5.92 Å². The van der Waals surface area contributed by atoms with Crippen LogP contribution in [0.3, 0.4) is 0 Å². The predicted octanol–water partition coefficient (Wildman–Crippen LogP) is 1.88. The van der Waals surface area contributed by atoms with E-state index in [0.29, 0.717) is 12.5 Å². The van der Waals surface area contributed by atoms with Crippen LogP contribution in [0.15, 0.2) is 29.2 Å². The van der Waals surface area contributed by atoms with E-state index in [4.69, 9.17) is 5.73 Å². The van der Waals surface area contributed by atoms with Crippen LogP contribution in [0.25, 0.3) is 0 Å². The molecule has 0 radical (unpaired) electrons. The summed E-state index contributed by atoms with van der Waals surface area (Å²) in [5.74, 6) is -1.28. The first kappa shape index (κ1) is 18.4. The number of carbonyl (C=O) groups excluding carboxylic acids is 1. The lowest BCUT2D eigenvalue weighted by molar-refractivity contribution is -0.137. The van der Waals surface area contributed by atoms with E-state index in [1.165, 1.54) is 0 Å². The SMILES string of the molecule is CC[C@@H](C)[C@H](NS(=O)(=O)c1cccc(C(F)(F)F)c1)C(N)=O. The van der Waals surface area contributed by atoms with E-state index in [9.17, 15) is 26.4 Å². The molecule has 0 saturated heterocycles. The van der Waals surface area contributed by atoms with Crippen molar-refractivity contribution in [1.82, 2.24) is 4.72 Å². The summed E-state index contributed by atoms with van der Waals surface area (Å²) in [6.45, 7) is 3.35. The lowest BCUT2D eigenvalue weighted by Gasteiger charge is -2.21. The van der Waals surface area contributed by atoms with Gasteiger partial charge in [0.05, 0.1) is 10.5 Å². The van der Waals surface area contributed by atoms with Gasteiger partial charge < -0.3 is 5.73 Å². The molecule has 0 fully saturated rings. The number of rotatable bonds is 6. The summed E-state index contributed by atoms with van der Waals surface area (Å²) < 4.78 is 64.3. The van der Waals surface area contributed by atoms with Crippen molar-refractivity contribution in [3.8, 4) is 0 Å². The zero-order valence-electron chi connectivity index (χ0n) is 12.0. The molecule has 124 valence electrons. The molecule has 5 nitrogen and oxygen atoms in total. The van der Waals surface area contributed by atoms with E-state index >= 15 is 0 Å². The van der Waals surface area contributed by atoms with Crippen molar-refractivity contribution < 1.29 is 26.4 Å². The minimum atomic E-state index is -4.66. The largest absolute Gasteiger partial charge is 0.416 e. The molecule has 9 heteroatoms. The van der Waals surface area contributed by atoms with Gasteiger partial charge in [0.25, 0.3) is 0 Å². The van der Waals surface area contributed by atoms with Crippen LogP contribution >= 0.6 is 0 Å². The zero-order chi connectivity index (χ0) is 17.1. The van der Waals surface area contributed by atoms with Crippen LogP contribution in [0.1, 0.15) is 25.8 Å². The number of alkyl halides is 3. The number of primary amides is 1. The highest BCUT2D eigenvalue weighted by Crippen LogP contribution is 2.30. The van der Waals surface area contributed by atoms with Crippen LogP contribution in [-0.4, -0.2) is 20.4 Å². The lowest BCUT2D eigenvalue weighted by Crippen LogP contribution is -2.48. The number of benzene rings is 1. The molecule has 1 rings (SSSR count). The number of halogens is 3. The maximum atomic E-state index is 12.6. The standard InChI is InChI=1S/C13H17F3N2O3S/c1-3-8(2)11(12(17)19)18-22(20,21)10-6-4-5-9(7-10)13(14,15)16/h4-8,11,18H,3H2,1-2H3,(H2,17,19)/t8-,11+/m1/s1. The fourth-order valence-corrected chi connectivity index (χ4v) is 3.12. The third kappa shape index (κ3) is 4.44. The van der Waals surface area contributed by atoms with Crippen LogP contribution in [0.2, 0.25) is 0 Å². The van der Waals surface area contributed by atoms with Crippen molar-refractivity contribution in [2.75, 3.05) is 0 Å². The molecule has 0 heterocycles. The van der Waals surface area contributed by atoms with Gasteiger partial charge in [-0.1, -0.05) is 26.3 Å². The van der Waals surface area contributed by atoms with Gasteiger partial charge >= 0.3 is 6.18 Å². The number of sulfonamides is 1. The minimum Gasteiger partial charge on any atom is -0.368 e. The van der Waals surface area contributed by atoms with Gasteiger partial charge in [-0.2, -0.15) is 17.9 Å². The smallest absolute Gasteiger partial charge is 0.368 e. The Hall–Kier alpha value is -1.61. The highest BCUT2D eigenvalue weighted by atomic mass is 32.2. The molecule has 3 N–H and O–H groups in total. The van der Waals surface area contributed by atoms with E-state index < -0.39 is 44.5 Å². The predicted molar refractivity (Wildman–Crippen MR) is 74.2 cm³/mol. The second kappa shape index (κ2) is 6.66. The van der Waals surface area contributed by atoms with Crippen molar-refractivity contribution in [3.05, 3.63) is 29.8 Å². The first-order chi connectivity index (χ1) is 9.99. The van der Waals surface area contributed by atoms with Gasteiger partial charge in [-0.05, 0) is 24.1 Å². The van der Waals surface area contributed by atoms with Crippen LogP contribution < -0.4 is 10.5 Å². The second-order valence-corrected chi connectivity index (χ2v) is 6.63. The van der Waals surface area contributed by atoms with E-state index in [-0.39, 0.29) is 0 Å². The van der Waals surface area contributed by atoms with Gasteiger partial charge in [0, 0.05) is 0 Å². The molecule has 0 aliphatic heterocycles. The van der Waals surface area contributed by atoms with E-state index in [1.807, 2.05) is 0 Å². The average Bonchev–Trinajstić information content (AvgIpc) is 2.43. The van der Waals surface area contributed by atoms with Gasteiger partial charge in [-0.3, -0.25) is 4.79 Å². The summed E-state index contributed by atoms with van der Waals surface area (Å²) in [5.41, 5.74) is 4.06. The maximum absolute atomic E-state index is 12.6. The Kier molecular flexibility index (Phi) is 5.58. The molecule has 1 aromatic rings. The Bertz CT molecular complexity index is 644. The highest BCUT2D eigenvalue weighted by molar-refractivity contribution is 7.89. The average molecular weight is 338 g/mol. The Morgan fingerprint density at radius 1 is 1.36 bits per heavy atom. The third-order valence-corrected chi connectivity index (χ3v) is 4.71. The highest BCUT2D eigenvalue weighted by Gasteiger charge is 2.33. The van der Waals surface area contributed by atoms with Crippen molar-refractivity contribution in [1.29, 1.82) is 0 Å². The molecule has 1 aromatic carbocycles. The summed E-state index contributed by atoms with van der Waals surface area (Å²) in [5, 5.41) is 0. The number of carbonyl (C=O) groups is 1. The molecule has 2 atom stereocenters. The fourth-order valence-electron chi connectivity index (χ4n) is 1.77. The molecular weight excluding hydrogens is 321 g/mol. The van der Waals surface area contributed by atoms with Crippen molar-refractivity contribution in [2.24, 2.45) is 11.7 Å². The molecule has 0 aliphatic rings. The van der Waals surface area contributed by atoms with E-state index in [0.717, 1.165) is 18.2 Å². The first-order valence-corrected chi connectivity index (χ1v) is 7.96. The van der Waals surface area contributed by atoms with Gasteiger partial charge in [0.2, 0.25) is 15.9 Å². The van der Waals surface area contributed by atoms with Crippen molar-refractivity contribution >= 4 is 15.9 Å². The molecule has 0 aromatic heterocycles. The topological polar surface area (TPSA) is 89.3 Å². The van der Waals surface area contributed by atoms with Gasteiger partial charge in [0.15, 0.2) is 0 Å². The maximum Gasteiger partial charge on any atom is 0.416 e. The number of amides is 1. The van der Waals surface area contributed by atoms with Gasteiger partial charge in [-0.25, -0.2) is 8.42 Å². The van der Waals surface area contributed by atoms with E-state index in [1.54, 1.807) is 13.8 Å². The van der Waals surface area contributed by atoms with Gasteiger partial charge in [0.1, 0.15) is 6.04 Å². The summed E-state index contributed by atoms with van der Waals surface area (Å²) in [6, 6.07) is 2.09. The molecule has 0 bridgehead atoms. The monoisotopic (exact) mass is 338 g/mol. The normalized spacial score (nSPS) is 15.3. The number of hydrogen-bond acceptors (Lipinski definition) is 3. The number of nitrogens with one attached hydrogen (secondary N) is 1. The second-order valence-electron chi connectivity index (χ2n) is 4.91. The van der Waals surface area contributed by atoms with Crippen LogP contribution in [0.5, 0.6) is 0 Å². The quantitative estimate of drug-likeness (QED) is 0.830. The third-order valence-electron chi connectivity index (χ3n) is 3.27. The Labute approximate surface area is 126 Å². The van der Waals surface area contributed by atoms with E-state index in [2.05, 4.69) is 4.72 Å². The summed E-state index contributed by atoms with van der Waals surface area (Å²) in [7, 11) is -4.29. The van der Waals surface area contributed by atoms with Crippen LogP contribution in [0.4, 0.5) is 13.2 Å². The Balaban J connectivity index is 3.16. The lowest BCUT2D eigenvalue weighted by atomic mass is 10.00. The summed E-state index contributed by atoms with van der Waals surface area (Å²) in [4.78, 5) is 10.8. The molecule has 22 heavy (non-hydrogen) atoms. The first-order valence-electron chi connectivity index (χ1n) is 6.48. The molecule has 1 amide bonds. The number of nitrogens with two attached hydrogens (primary N) is 1. The summed E-state index contributed by atoms with van der Waals surface area (Å²) >= 11 is 0. The van der Waals surface area contributed by atoms with Crippen LogP contribution in [-0.2, 0) is 21.0 Å². The Morgan fingerprint density at radius 2 is 1.95 bits per heavy atom. The fraction of sp³-hybridized carbons (Fsp3) is 0.462. The zero-order valence-corrected chi connectivity index (χ0v) is 12.8. The van der Waals surface area contributed by atoms with Crippen molar-refractivity contribution in [3.63, 3.8) is 0 Å².